The molecule has 0 fully saturated rings. The first kappa shape index (κ1) is 17.3. The van der Waals surface area contributed by atoms with E-state index in [4.69, 9.17) is 32.5 Å². The first-order valence-corrected chi connectivity index (χ1v) is 8.26. The van der Waals surface area contributed by atoms with Gasteiger partial charge in [-0.05, 0) is 30.9 Å². The van der Waals surface area contributed by atoms with Crippen LogP contribution in [-0.4, -0.2) is 25.2 Å². The lowest BCUT2D eigenvalue weighted by molar-refractivity contribution is 0.356. The Kier molecular flexibility index (Phi) is 4.71. The minimum absolute atomic E-state index is 0.00953. The van der Waals surface area contributed by atoms with E-state index in [0.717, 1.165) is 24.1 Å². The zero-order chi connectivity index (χ0) is 18.1. The summed E-state index contributed by atoms with van der Waals surface area (Å²) in [5.41, 5.74) is 15.6. The van der Waals surface area contributed by atoms with Gasteiger partial charge >= 0.3 is 0 Å². The van der Waals surface area contributed by atoms with E-state index in [1.807, 2.05) is 0 Å². The fourth-order valence-electron chi connectivity index (χ4n) is 3.33. The average molecular weight is 359 g/mol. The number of hydrogen-bond acceptors (Lipinski definition) is 6. The second-order valence-electron chi connectivity index (χ2n) is 5.98. The van der Waals surface area contributed by atoms with E-state index in [9.17, 15) is 5.26 Å². The molecule has 7 heteroatoms. The number of aryl methyl sites for hydroxylation is 1. The number of anilines is 1. The van der Waals surface area contributed by atoms with Crippen molar-refractivity contribution in [3.8, 4) is 28.7 Å². The Hall–Kier alpha value is -2.49. The standard InChI is InChI=1S/C18H19ClN4O2/c1-24-15-6-9(19)5-12(17(15)25-2)16-11-7-10(21)3-4-14(11)23-18(22)13(16)8-20/h5-6,10H,3-4,7,21H2,1-2H3,(H2,22,23)/t10-/m1/s1. The van der Waals surface area contributed by atoms with Crippen molar-refractivity contribution in [3.63, 3.8) is 0 Å². The number of pyridine rings is 1. The number of fused-ring (bicyclic) bond motifs is 1. The number of nitriles is 1. The molecule has 0 unspecified atom stereocenters. The Labute approximate surface area is 151 Å². The highest BCUT2D eigenvalue weighted by Crippen LogP contribution is 2.45. The van der Waals surface area contributed by atoms with Crippen LogP contribution >= 0.6 is 11.6 Å². The Balaban J connectivity index is 2.40. The van der Waals surface area contributed by atoms with Crippen LogP contribution in [0.5, 0.6) is 11.5 Å². The summed E-state index contributed by atoms with van der Waals surface area (Å²) in [7, 11) is 3.08. The lowest BCUT2D eigenvalue weighted by atomic mass is 9.84. The lowest BCUT2D eigenvalue weighted by Gasteiger charge is -2.26. The quantitative estimate of drug-likeness (QED) is 0.873. The van der Waals surface area contributed by atoms with E-state index in [2.05, 4.69) is 11.1 Å². The van der Waals surface area contributed by atoms with Gasteiger partial charge in [-0.3, -0.25) is 0 Å². The van der Waals surface area contributed by atoms with E-state index < -0.39 is 0 Å². The molecule has 4 N–H and O–H groups in total. The van der Waals surface area contributed by atoms with Gasteiger partial charge < -0.3 is 20.9 Å². The highest BCUT2D eigenvalue weighted by molar-refractivity contribution is 6.31. The number of benzene rings is 1. The summed E-state index contributed by atoms with van der Waals surface area (Å²) in [5.74, 6) is 1.18. The topological polar surface area (TPSA) is 107 Å². The molecule has 0 bridgehead atoms. The number of aromatic nitrogens is 1. The van der Waals surface area contributed by atoms with Gasteiger partial charge in [0, 0.05) is 34.0 Å². The maximum absolute atomic E-state index is 9.68. The molecule has 0 amide bonds. The molecule has 1 aromatic heterocycles. The molecule has 0 saturated heterocycles. The van der Waals surface area contributed by atoms with Crippen LogP contribution in [0.2, 0.25) is 5.02 Å². The maximum Gasteiger partial charge on any atom is 0.168 e. The predicted molar refractivity (Wildman–Crippen MR) is 96.9 cm³/mol. The lowest BCUT2D eigenvalue weighted by Crippen LogP contribution is -2.29. The number of rotatable bonds is 3. The van der Waals surface area contributed by atoms with Crippen molar-refractivity contribution in [1.29, 1.82) is 5.26 Å². The second-order valence-corrected chi connectivity index (χ2v) is 6.41. The van der Waals surface area contributed by atoms with Crippen LogP contribution in [0.3, 0.4) is 0 Å². The van der Waals surface area contributed by atoms with Crippen molar-refractivity contribution in [2.75, 3.05) is 20.0 Å². The molecule has 0 aliphatic heterocycles. The normalized spacial score (nSPS) is 16.0. The van der Waals surface area contributed by atoms with Gasteiger partial charge in [0.25, 0.3) is 0 Å². The second kappa shape index (κ2) is 6.79. The molecule has 1 atom stereocenters. The fourth-order valence-corrected chi connectivity index (χ4v) is 3.54. The SMILES string of the molecule is COc1cc(Cl)cc(-c2c(C#N)c(N)nc3c2C[C@H](N)CC3)c1OC. The van der Waals surface area contributed by atoms with Gasteiger partial charge in [0.1, 0.15) is 17.5 Å². The van der Waals surface area contributed by atoms with E-state index in [0.29, 0.717) is 39.6 Å². The molecule has 1 heterocycles. The summed E-state index contributed by atoms with van der Waals surface area (Å²) < 4.78 is 10.9. The van der Waals surface area contributed by atoms with Crippen LogP contribution in [0.4, 0.5) is 5.82 Å². The third-order valence-corrected chi connectivity index (χ3v) is 4.67. The molecule has 1 aliphatic carbocycles. The minimum Gasteiger partial charge on any atom is -0.493 e. The molecule has 0 radical (unpaired) electrons. The van der Waals surface area contributed by atoms with Crippen molar-refractivity contribution in [2.45, 2.75) is 25.3 Å². The number of ether oxygens (including phenoxy) is 2. The summed E-state index contributed by atoms with van der Waals surface area (Å²) >= 11 is 6.26. The van der Waals surface area contributed by atoms with Crippen molar-refractivity contribution in [1.82, 2.24) is 4.98 Å². The number of nitrogens with zero attached hydrogens (tertiary/aromatic N) is 2. The van der Waals surface area contributed by atoms with Crippen LogP contribution in [0.25, 0.3) is 11.1 Å². The minimum atomic E-state index is 0.00953. The first-order valence-electron chi connectivity index (χ1n) is 7.88. The first-order chi connectivity index (χ1) is 12.0. The fraction of sp³-hybridized carbons (Fsp3) is 0.333. The summed E-state index contributed by atoms with van der Waals surface area (Å²) in [5, 5.41) is 10.2. The highest BCUT2D eigenvalue weighted by Gasteiger charge is 2.27. The Bertz CT molecular complexity index is 877. The molecule has 25 heavy (non-hydrogen) atoms. The molecule has 3 rings (SSSR count). The number of halogens is 1. The average Bonchev–Trinajstić information content (AvgIpc) is 2.60. The van der Waals surface area contributed by atoms with E-state index in [-0.39, 0.29) is 11.9 Å². The van der Waals surface area contributed by atoms with Gasteiger partial charge in [-0.25, -0.2) is 4.98 Å². The Morgan fingerprint density at radius 1 is 1.32 bits per heavy atom. The molecular formula is C18H19ClN4O2. The highest BCUT2D eigenvalue weighted by atomic mass is 35.5. The van der Waals surface area contributed by atoms with Gasteiger partial charge in [0.15, 0.2) is 11.5 Å². The third-order valence-electron chi connectivity index (χ3n) is 4.45. The third kappa shape index (κ3) is 2.97. The van der Waals surface area contributed by atoms with Crippen molar-refractivity contribution in [3.05, 3.63) is 34.0 Å². The molecule has 0 saturated carbocycles. The van der Waals surface area contributed by atoms with E-state index in [1.54, 1.807) is 19.2 Å². The maximum atomic E-state index is 9.68. The van der Waals surface area contributed by atoms with E-state index >= 15 is 0 Å². The number of hydrogen-bond donors (Lipinski definition) is 2. The molecule has 1 aliphatic rings. The van der Waals surface area contributed by atoms with Gasteiger partial charge in [-0.15, -0.1) is 0 Å². The predicted octanol–water partition coefficient (Wildman–Crippen LogP) is 2.69. The van der Waals surface area contributed by atoms with Crippen LogP contribution in [0.15, 0.2) is 12.1 Å². The summed E-state index contributed by atoms with van der Waals surface area (Å²) in [6.07, 6.45) is 2.17. The van der Waals surface area contributed by atoms with Crippen LogP contribution < -0.4 is 20.9 Å². The summed E-state index contributed by atoms with van der Waals surface area (Å²) in [4.78, 5) is 4.42. The zero-order valence-corrected chi connectivity index (χ0v) is 14.9. The molecule has 130 valence electrons. The van der Waals surface area contributed by atoms with Gasteiger partial charge in [0.2, 0.25) is 0 Å². The van der Waals surface area contributed by atoms with Crippen LogP contribution in [-0.2, 0) is 12.8 Å². The van der Waals surface area contributed by atoms with Gasteiger partial charge in [-0.1, -0.05) is 11.6 Å². The smallest absolute Gasteiger partial charge is 0.168 e. The number of nitrogen functional groups attached to an aromatic ring is 1. The molecule has 6 nitrogen and oxygen atoms in total. The van der Waals surface area contributed by atoms with Crippen LogP contribution in [0, 0.1) is 11.3 Å². The Morgan fingerprint density at radius 3 is 2.72 bits per heavy atom. The van der Waals surface area contributed by atoms with Crippen LogP contribution in [0.1, 0.15) is 23.2 Å². The summed E-state index contributed by atoms with van der Waals surface area (Å²) in [6, 6.07) is 5.59. The number of methoxy groups -OCH3 is 2. The monoisotopic (exact) mass is 358 g/mol. The van der Waals surface area contributed by atoms with Crippen molar-refractivity contribution in [2.24, 2.45) is 5.73 Å². The molecule has 1 aromatic carbocycles. The summed E-state index contributed by atoms with van der Waals surface area (Å²) in [6.45, 7) is 0. The molecule has 0 spiro atoms. The number of nitrogens with two attached hydrogens (primary N) is 2. The largest absolute Gasteiger partial charge is 0.493 e. The molecule has 2 aromatic rings. The van der Waals surface area contributed by atoms with E-state index in [1.165, 1.54) is 7.11 Å². The van der Waals surface area contributed by atoms with Gasteiger partial charge in [0.05, 0.1) is 14.2 Å². The van der Waals surface area contributed by atoms with Crippen molar-refractivity contribution < 1.29 is 9.47 Å². The van der Waals surface area contributed by atoms with Gasteiger partial charge in [-0.2, -0.15) is 5.26 Å². The Morgan fingerprint density at radius 2 is 2.08 bits per heavy atom. The molecular weight excluding hydrogens is 340 g/mol. The van der Waals surface area contributed by atoms with Crippen molar-refractivity contribution >= 4 is 17.4 Å². The zero-order valence-electron chi connectivity index (χ0n) is 14.1.